The smallest absolute Gasteiger partial charge is 0.261 e. The van der Waals surface area contributed by atoms with Crippen molar-refractivity contribution >= 4 is 23.2 Å². The molecule has 0 bridgehead atoms. The molecule has 3 aromatic rings. The monoisotopic (exact) mass is 398 g/mol. The molecule has 28 heavy (non-hydrogen) atoms. The summed E-state index contributed by atoms with van der Waals surface area (Å²) in [4.78, 5) is 29.6. The first-order valence-electron chi connectivity index (χ1n) is 8.81. The van der Waals surface area contributed by atoms with Gasteiger partial charge in [0.2, 0.25) is 5.91 Å². The van der Waals surface area contributed by atoms with Crippen LogP contribution in [0.4, 0.5) is 0 Å². The molecule has 2 heterocycles. The summed E-state index contributed by atoms with van der Waals surface area (Å²) in [5.41, 5.74) is 0.815. The molecule has 0 saturated carbocycles. The van der Waals surface area contributed by atoms with E-state index < -0.39 is 6.04 Å². The lowest BCUT2D eigenvalue weighted by Gasteiger charge is -2.21. The number of imidazole rings is 1. The van der Waals surface area contributed by atoms with Crippen molar-refractivity contribution in [2.75, 3.05) is 13.7 Å². The molecular formula is C20H22N4O3S. The van der Waals surface area contributed by atoms with Gasteiger partial charge in [0, 0.05) is 38.0 Å². The third kappa shape index (κ3) is 4.58. The Balaban J connectivity index is 1.68. The molecule has 1 unspecified atom stereocenters. The van der Waals surface area contributed by atoms with E-state index in [0.717, 1.165) is 5.56 Å². The summed E-state index contributed by atoms with van der Waals surface area (Å²) in [6.45, 7) is 0.252. The van der Waals surface area contributed by atoms with Crippen LogP contribution < -0.4 is 15.4 Å². The Morgan fingerprint density at radius 3 is 2.75 bits per heavy atom. The van der Waals surface area contributed by atoms with Crippen LogP contribution >= 0.6 is 11.3 Å². The Morgan fingerprint density at radius 2 is 2.07 bits per heavy atom. The van der Waals surface area contributed by atoms with E-state index in [4.69, 9.17) is 4.74 Å². The summed E-state index contributed by atoms with van der Waals surface area (Å²) >= 11 is 1.36. The minimum atomic E-state index is -0.461. The number of amides is 2. The van der Waals surface area contributed by atoms with Crippen LogP contribution in [-0.4, -0.2) is 35.0 Å². The maximum absolute atomic E-state index is 12.6. The van der Waals surface area contributed by atoms with Gasteiger partial charge in [-0.25, -0.2) is 4.98 Å². The number of aromatic nitrogens is 2. The average Bonchev–Trinajstić information content (AvgIpc) is 3.38. The number of rotatable bonds is 8. The maximum Gasteiger partial charge on any atom is 0.261 e. The SMILES string of the molecule is COc1ccccc1C(NC(=O)CCNC(=O)c1cccs1)c1nccn1C. The van der Waals surface area contributed by atoms with E-state index in [9.17, 15) is 9.59 Å². The molecule has 2 N–H and O–H groups in total. The van der Waals surface area contributed by atoms with Crippen LogP contribution in [0.3, 0.4) is 0 Å². The number of nitrogens with one attached hydrogen (secondary N) is 2. The van der Waals surface area contributed by atoms with Gasteiger partial charge in [0.1, 0.15) is 17.6 Å². The molecule has 0 radical (unpaired) electrons. The molecular weight excluding hydrogens is 376 g/mol. The topological polar surface area (TPSA) is 85.2 Å². The number of para-hydroxylation sites is 1. The molecule has 0 aliphatic heterocycles. The zero-order chi connectivity index (χ0) is 19.9. The molecule has 2 aromatic heterocycles. The molecule has 0 spiro atoms. The standard InChI is InChI=1S/C20H22N4O3S/c1-24-12-11-21-19(24)18(14-6-3-4-7-15(14)27-2)23-17(25)9-10-22-20(26)16-8-5-13-28-16/h3-8,11-13,18H,9-10H2,1-2H3,(H,22,26)(H,23,25). The van der Waals surface area contributed by atoms with E-state index >= 15 is 0 Å². The lowest BCUT2D eigenvalue weighted by Crippen LogP contribution is -2.34. The highest BCUT2D eigenvalue weighted by Gasteiger charge is 2.23. The van der Waals surface area contributed by atoms with E-state index in [1.165, 1.54) is 11.3 Å². The van der Waals surface area contributed by atoms with Crippen LogP contribution in [0.5, 0.6) is 5.75 Å². The van der Waals surface area contributed by atoms with E-state index in [1.807, 2.05) is 53.5 Å². The van der Waals surface area contributed by atoms with Gasteiger partial charge in [-0.3, -0.25) is 9.59 Å². The van der Waals surface area contributed by atoms with Gasteiger partial charge in [0.05, 0.1) is 12.0 Å². The number of carbonyl (C=O) groups excluding carboxylic acids is 2. The summed E-state index contributed by atoms with van der Waals surface area (Å²) in [6.07, 6.45) is 3.67. The summed E-state index contributed by atoms with van der Waals surface area (Å²) in [7, 11) is 3.47. The first kappa shape index (κ1) is 19.6. The number of ether oxygens (including phenoxy) is 1. The molecule has 2 amide bonds. The number of thiophene rings is 1. The quantitative estimate of drug-likeness (QED) is 0.611. The molecule has 0 aliphatic carbocycles. The summed E-state index contributed by atoms with van der Waals surface area (Å²) < 4.78 is 7.31. The molecule has 1 atom stereocenters. The summed E-state index contributed by atoms with van der Waals surface area (Å²) in [6, 6.07) is 10.6. The number of nitrogens with zero attached hydrogens (tertiary/aromatic N) is 2. The molecule has 3 rings (SSSR count). The fraction of sp³-hybridized carbons (Fsp3) is 0.250. The van der Waals surface area contributed by atoms with Gasteiger partial charge >= 0.3 is 0 Å². The predicted molar refractivity (Wildman–Crippen MR) is 107 cm³/mol. The van der Waals surface area contributed by atoms with Crippen molar-refractivity contribution in [3.05, 3.63) is 70.4 Å². The van der Waals surface area contributed by atoms with Gasteiger partial charge in [-0.15, -0.1) is 11.3 Å². The number of hydrogen-bond acceptors (Lipinski definition) is 5. The molecule has 8 heteroatoms. The second-order valence-electron chi connectivity index (χ2n) is 6.12. The normalized spacial score (nSPS) is 11.6. The Hall–Kier alpha value is -3.13. The van der Waals surface area contributed by atoms with E-state index in [0.29, 0.717) is 16.5 Å². The fourth-order valence-corrected chi connectivity index (χ4v) is 3.50. The lowest BCUT2D eigenvalue weighted by atomic mass is 10.0. The molecule has 1 aromatic carbocycles. The van der Waals surface area contributed by atoms with Crippen molar-refractivity contribution in [1.82, 2.24) is 20.2 Å². The highest BCUT2D eigenvalue weighted by atomic mass is 32.1. The van der Waals surface area contributed by atoms with Crippen molar-refractivity contribution < 1.29 is 14.3 Å². The number of hydrogen-bond donors (Lipinski definition) is 2. The Morgan fingerprint density at radius 1 is 1.25 bits per heavy atom. The fourth-order valence-electron chi connectivity index (χ4n) is 2.86. The summed E-state index contributed by atoms with van der Waals surface area (Å²) in [5.74, 6) is 1.00. The Bertz CT molecular complexity index is 937. The second kappa shape index (κ2) is 9.18. The first-order valence-corrected chi connectivity index (χ1v) is 9.69. The highest BCUT2D eigenvalue weighted by Crippen LogP contribution is 2.29. The molecule has 0 saturated heterocycles. The van der Waals surface area contributed by atoms with Crippen LogP contribution in [0, 0.1) is 0 Å². The molecule has 7 nitrogen and oxygen atoms in total. The maximum atomic E-state index is 12.6. The molecule has 146 valence electrons. The number of aryl methyl sites for hydroxylation is 1. The van der Waals surface area contributed by atoms with Crippen LogP contribution in [0.15, 0.2) is 54.2 Å². The van der Waals surface area contributed by atoms with Crippen LogP contribution in [0.2, 0.25) is 0 Å². The minimum absolute atomic E-state index is 0.160. The van der Waals surface area contributed by atoms with Gasteiger partial charge in [-0.2, -0.15) is 0 Å². The van der Waals surface area contributed by atoms with Crippen molar-refractivity contribution in [2.45, 2.75) is 12.5 Å². The van der Waals surface area contributed by atoms with Crippen LogP contribution in [0.25, 0.3) is 0 Å². The van der Waals surface area contributed by atoms with E-state index in [-0.39, 0.29) is 24.8 Å². The average molecular weight is 398 g/mol. The van der Waals surface area contributed by atoms with Crippen molar-refractivity contribution in [3.8, 4) is 5.75 Å². The van der Waals surface area contributed by atoms with E-state index in [1.54, 1.807) is 19.4 Å². The van der Waals surface area contributed by atoms with Gasteiger partial charge in [-0.1, -0.05) is 24.3 Å². The minimum Gasteiger partial charge on any atom is -0.496 e. The largest absolute Gasteiger partial charge is 0.496 e. The van der Waals surface area contributed by atoms with Gasteiger partial charge < -0.3 is 19.9 Å². The second-order valence-corrected chi connectivity index (χ2v) is 7.07. The Kier molecular flexibility index (Phi) is 6.44. The third-order valence-corrected chi connectivity index (χ3v) is 5.12. The van der Waals surface area contributed by atoms with Gasteiger partial charge in [-0.05, 0) is 17.5 Å². The zero-order valence-electron chi connectivity index (χ0n) is 15.7. The van der Waals surface area contributed by atoms with Crippen LogP contribution in [-0.2, 0) is 11.8 Å². The zero-order valence-corrected chi connectivity index (χ0v) is 16.5. The van der Waals surface area contributed by atoms with Gasteiger partial charge in [0.25, 0.3) is 5.91 Å². The third-order valence-electron chi connectivity index (χ3n) is 4.25. The molecule has 0 aliphatic rings. The van der Waals surface area contributed by atoms with E-state index in [2.05, 4.69) is 15.6 Å². The summed E-state index contributed by atoms with van der Waals surface area (Å²) in [5, 5.41) is 7.61. The highest BCUT2D eigenvalue weighted by molar-refractivity contribution is 7.12. The number of benzene rings is 1. The first-order chi connectivity index (χ1) is 13.6. The van der Waals surface area contributed by atoms with Crippen molar-refractivity contribution in [3.63, 3.8) is 0 Å². The van der Waals surface area contributed by atoms with Crippen molar-refractivity contribution in [1.29, 1.82) is 0 Å². The lowest BCUT2D eigenvalue weighted by molar-refractivity contribution is -0.121. The van der Waals surface area contributed by atoms with Crippen molar-refractivity contribution in [2.24, 2.45) is 7.05 Å². The molecule has 0 fully saturated rings. The number of methoxy groups -OCH3 is 1. The predicted octanol–water partition coefficient (Wildman–Crippen LogP) is 2.52. The van der Waals surface area contributed by atoms with Crippen LogP contribution in [0.1, 0.15) is 33.5 Å². The van der Waals surface area contributed by atoms with Gasteiger partial charge in [0.15, 0.2) is 0 Å². The number of carbonyl (C=O) groups is 2. The Labute approximate surface area is 167 Å².